The molecule has 0 amide bonds. The van der Waals surface area contributed by atoms with Crippen molar-refractivity contribution in [2.45, 2.75) is 6.36 Å². The van der Waals surface area contributed by atoms with Crippen LogP contribution < -0.4 is 4.74 Å². The van der Waals surface area contributed by atoms with Crippen LogP contribution in [0.15, 0.2) is 6.20 Å². The lowest BCUT2D eigenvalue weighted by Gasteiger charge is -2.03. The third kappa shape index (κ3) is 1.96. The van der Waals surface area contributed by atoms with E-state index in [4.69, 9.17) is 0 Å². The normalized spacial score (nSPS) is 11.5. The second-order valence-electron chi connectivity index (χ2n) is 1.41. The Labute approximate surface area is 53.8 Å². The summed E-state index contributed by atoms with van der Waals surface area (Å²) >= 11 is 0. The summed E-state index contributed by atoms with van der Waals surface area (Å²) in [6, 6.07) is 0. The number of hydrogen-bond acceptors (Lipinski definition) is 2. The van der Waals surface area contributed by atoms with E-state index in [0.717, 1.165) is 6.20 Å². The van der Waals surface area contributed by atoms with Crippen LogP contribution in [0.2, 0.25) is 0 Å². The fraction of sp³-hybridized carbons (Fsp3) is 0.250. The number of rotatable bonds is 1. The summed E-state index contributed by atoms with van der Waals surface area (Å²) in [4.78, 5) is 0. The Bertz CT molecular complexity index is 193. The minimum absolute atomic E-state index is 0.465. The lowest BCUT2D eigenvalue weighted by Crippen LogP contribution is -2.16. The van der Waals surface area contributed by atoms with Gasteiger partial charge < -0.3 is 4.74 Å². The van der Waals surface area contributed by atoms with Gasteiger partial charge >= 0.3 is 6.36 Å². The number of H-pyrrole nitrogens is 1. The van der Waals surface area contributed by atoms with Crippen molar-refractivity contribution in [3.05, 3.63) is 12.4 Å². The average Bonchev–Trinajstić information content (AvgIpc) is 2.12. The molecule has 0 spiro atoms. The highest BCUT2D eigenvalue weighted by Gasteiger charge is 2.31. The number of nitrogens with zero attached hydrogens (tertiary/aromatic N) is 1. The summed E-state index contributed by atoms with van der Waals surface area (Å²) in [5.41, 5.74) is 0. The lowest BCUT2D eigenvalue weighted by molar-refractivity contribution is -0.274. The molecule has 0 unspecified atom stereocenters. The number of alkyl halides is 3. The van der Waals surface area contributed by atoms with E-state index >= 15 is 0 Å². The number of nitrogens with one attached hydrogen (secondary N) is 1. The van der Waals surface area contributed by atoms with Gasteiger partial charge in [-0.05, 0) is 0 Å². The molecule has 10 heavy (non-hydrogen) atoms. The van der Waals surface area contributed by atoms with E-state index in [1.54, 1.807) is 0 Å². The summed E-state index contributed by atoms with van der Waals surface area (Å²) in [6.45, 7) is 0. The van der Waals surface area contributed by atoms with E-state index in [0.29, 0.717) is 0 Å². The Morgan fingerprint density at radius 1 is 1.60 bits per heavy atom. The zero-order chi connectivity index (χ0) is 7.61. The summed E-state index contributed by atoms with van der Waals surface area (Å²) in [5, 5.41) is 5.25. The molecule has 55 valence electrons. The van der Waals surface area contributed by atoms with E-state index in [2.05, 4.69) is 14.9 Å². The van der Waals surface area contributed by atoms with Crippen molar-refractivity contribution in [1.82, 2.24) is 10.2 Å². The number of halogens is 3. The first-order chi connectivity index (χ1) is 4.58. The van der Waals surface area contributed by atoms with Gasteiger partial charge in [-0.2, -0.15) is 5.10 Å². The summed E-state index contributed by atoms with van der Waals surface area (Å²) in [6.07, 6.45) is -1.77. The molecule has 0 saturated carbocycles. The Kier molecular flexibility index (Phi) is 1.52. The molecule has 0 atom stereocenters. The summed E-state index contributed by atoms with van der Waals surface area (Å²) in [7, 11) is 0. The number of ether oxygens (including phenoxy) is 1. The molecule has 0 saturated heterocycles. The standard InChI is InChI=1S/C4H2F3N2O/c5-4(6,7)10-3-1-8-9-2-3/h1H,(H,8,9). The highest BCUT2D eigenvalue weighted by atomic mass is 19.4. The molecule has 0 fully saturated rings. The largest absolute Gasteiger partial charge is 0.573 e. The smallest absolute Gasteiger partial charge is 0.402 e. The molecule has 1 aromatic rings. The molecule has 0 aliphatic carbocycles. The van der Waals surface area contributed by atoms with Crippen LogP contribution in [0.3, 0.4) is 0 Å². The molecular formula is C4H2F3N2O. The molecule has 0 aliphatic heterocycles. The third-order valence-electron chi connectivity index (χ3n) is 0.652. The van der Waals surface area contributed by atoms with Gasteiger partial charge in [0, 0.05) is 0 Å². The Morgan fingerprint density at radius 3 is 2.70 bits per heavy atom. The Morgan fingerprint density at radius 2 is 2.30 bits per heavy atom. The zero-order valence-electron chi connectivity index (χ0n) is 4.57. The van der Waals surface area contributed by atoms with E-state index in [9.17, 15) is 13.2 Å². The van der Waals surface area contributed by atoms with Gasteiger partial charge in [-0.3, -0.25) is 5.10 Å². The second kappa shape index (κ2) is 2.20. The van der Waals surface area contributed by atoms with Gasteiger partial charge in [0.15, 0.2) is 11.9 Å². The minimum atomic E-state index is -4.67. The zero-order valence-corrected chi connectivity index (χ0v) is 4.57. The fourth-order valence-electron chi connectivity index (χ4n) is 0.388. The first kappa shape index (κ1) is 6.91. The highest BCUT2D eigenvalue weighted by Crippen LogP contribution is 2.19. The average molecular weight is 151 g/mol. The molecule has 1 radical (unpaired) electrons. The number of hydrogen-bond donors (Lipinski definition) is 1. The molecule has 3 nitrogen and oxygen atoms in total. The van der Waals surface area contributed by atoms with Crippen LogP contribution in [0.5, 0.6) is 5.75 Å². The van der Waals surface area contributed by atoms with Gasteiger partial charge in [0.1, 0.15) is 0 Å². The molecule has 6 heteroatoms. The highest BCUT2D eigenvalue weighted by molar-refractivity contribution is 5.08. The second-order valence-corrected chi connectivity index (χ2v) is 1.41. The van der Waals surface area contributed by atoms with E-state index in [-0.39, 0.29) is 0 Å². The first-order valence-electron chi connectivity index (χ1n) is 2.25. The maximum atomic E-state index is 11.3. The van der Waals surface area contributed by atoms with Crippen LogP contribution >= 0.6 is 0 Å². The van der Waals surface area contributed by atoms with Gasteiger partial charge in [-0.25, -0.2) is 0 Å². The summed E-state index contributed by atoms with van der Waals surface area (Å²) < 4.78 is 37.4. The van der Waals surface area contributed by atoms with Crippen LogP contribution in [0.1, 0.15) is 0 Å². The molecular weight excluding hydrogens is 149 g/mol. The van der Waals surface area contributed by atoms with Crippen molar-refractivity contribution < 1.29 is 17.9 Å². The lowest BCUT2D eigenvalue weighted by atomic mass is 10.7. The van der Waals surface area contributed by atoms with Crippen LogP contribution in [-0.2, 0) is 0 Å². The molecule has 1 N–H and O–H groups in total. The summed E-state index contributed by atoms with van der Waals surface area (Å²) in [5.74, 6) is -0.465. The van der Waals surface area contributed by atoms with E-state index in [1.165, 1.54) is 0 Å². The van der Waals surface area contributed by atoms with Gasteiger partial charge in [0.2, 0.25) is 0 Å². The molecule has 0 bridgehead atoms. The van der Waals surface area contributed by atoms with E-state index in [1.807, 2.05) is 6.20 Å². The SMILES string of the molecule is FC(F)(F)Oc1[c]n[nH]c1. The Balaban J connectivity index is 2.57. The molecule has 1 heterocycles. The maximum Gasteiger partial charge on any atom is 0.573 e. The first-order valence-corrected chi connectivity index (χ1v) is 2.25. The van der Waals surface area contributed by atoms with Crippen molar-refractivity contribution in [1.29, 1.82) is 0 Å². The number of aromatic nitrogens is 2. The van der Waals surface area contributed by atoms with Gasteiger partial charge in [0.05, 0.1) is 6.20 Å². The van der Waals surface area contributed by atoms with Crippen LogP contribution in [0.25, 0.3) is 0 Å². The predicted octanol–water partition coefficient (Wildman–Crippen LogP) is 1.11. The van der Waals surface area contributed by atoms with Crippen LogP contribution in [0.4, 0.5) is 13.2 Å². The molecule has 0 aliphatic rings. The predicted molar refractivity (Wildman–Crippen MR) is 24.1 cm³/mol. The molecule has 1 aromatic heterocycles. The van der Waals surface area contributed by atoms with Crippen molar-refractivity contribution in [2.75, 3.05) is 0 Å². The quantitative estimate of drug-likeness (QED) is 0.652. The topological polar surface area (TPSA) is 37.9 Å². The monoisotopic (exact) mass is 151 g/mol. The van der Waals surface area contributed by atoms with Gasteiger partial charge in [0.25, 0.3) is 0 Å². The minimum Gasteiger partial charge on any atom is -0.402 e. The van der Waals surface area contributed by atoms with Gasteiger partial charge in [-0.15, -0.1) is 13.2 Å². The van der Waals surface area contributed by atoms with Crippen molar-refractivity contribution in [3.63, 3.8) is 0 Å². The Hall–Kier alpha value is -1.20. The molecule has 1 rings (SSSR count). The van der Waals surface area contributed by atoms with Crippen molar-refractivity contribution in [2.24, 2.45) is 0 Å². The van der Waals surface area contributed by atoms with Crippen LogP contribution in [-0.4, -0.2) is 16.6 Å². The van der Waals surface area contributed by atoms with Gasteiger partial charge in [-0.1, -0.05) is 0 Å². The van der Waals surface area contributed by atoms with Crippen LogP contribution in [0, 0.1) is 6.20 Å². The molecule has 0 aromatic carbocycles. The maximum absolute atomic E-state index is 11.3. The van der Waals surface area contributed by atoms with E-state index < -0.39 is 12.1 Å². The van der Waals surface area contributed by atoms with Crippen molar-refractivity contribution >= 4 is 0 Å². The third-order valence-corrected chi connectivity index (χ3v) is 0.652. The van der Waals surface area contributed by atoms with Crippen molar-refractivity contribution in [3.8, 4) is 5.75 Å². The number of aromatic amines is 1. The fourth-order valence-corrected chi connectivity index (χ4v) is 0.388.